The molecule has 0 saturated heterocycles. The van der Waals surface area contributed by atoms with Crippen LogP contribution in [0, 0.1) is 28.6 Å². The third-order valence-electron chi connectivity index (χ3n) is 7.12. The maximum Gasteiger partial charge on any atom is 0.0137 e. The van der Waals surface area contributed by atoms with Crippen LogP contribution in [-0.2, 0) is 0 Å². The van der Waals surface area contributed by atoms with E-state index in [1.165, 1.54) is 24.0 Å². The topological polar surface area (TPSA) is 12.0 Å². The van der Waals surface area contributed by atoms with E-state index >= 15 is 0 Å². The highest BCUT2D eigenvalue weighted by molar-refractivity contribution is 5.33. The summed E-state index contributed by atoms with van der Waals surface area (Å²) in [5.41, 5.74) is 3.58. The first kappa shape index (κ1) is 23.2. The summed E-state index contributed by atoms with van der Waals surface area (Å²) in [5, 5.41) is 3.28. The Hall–Kier alpha value is -0.820. The first-order valence-electron chi connectivity index (χ1n) is 10.8. The molecule has 0 aromatic carbocycles. The molecule has 150 valence electrons. The molecule has 26 heavy (non-hydrogen) atoms. The number of hydrogen-bond donors (Lipinski definition) is 1. The molecule has 1 nitrogen and oxygen atoms in total. The number of rotatable bonds is 12. The lowest BCUT2D eigenvalue weighted by molar-refractivity contribution is 0.303. The SMILES string of the molecule is C=C(/C(=C/CNC)CC[C@@H](C)C1CC1(C)C)C(C)[C@@](C)(/C=C\CC)CC. The van der Waals surface area contributed by atoms with Crippen molar-refractivity contribution in [3.63, 3.8) is 0 Å². The molecule has 0 radical (unpaired) electrons. The molecular weight excluding hydrogens is 314 g/mol. The van der Waals surface area contributed by atoms with Gasteiger partial charge in [-0.1, -0.05) is 73.3 Å². The van der Waals surface area contributed by atoms with Crippen LogP contribution in [0.5, 0.6) is 0 Å². The van der Waals surface area contributed by atoms with E-state index in [0.717, 1.165) is 37.6 Å². The van der Waals surface area contributed by atoms with Crippen molar-refractivity contribution in [1.82, 2.24) is 5.32 Å². The van der Waals surface area contributed by atoms with E-state index in [1.54, 1.807) is 0 Å². The molecule has 4 atom stereocenters. The van der Waals surface area contributed by atoms with Gasteiger partial charge in [0.2, 0.25) is 0 Å². The predicted molar refractivity (Wildman–Crippen MR) is 118 cm³/mol. The molecule has 0 spiro atoms. The summed E-state index contributed by atoms with van der Waals surface area (Å²) in [6.45, 7) is 22.0. The largest absolute Gasteiger partial charge is 0.316 e. The molecule has 1 saturated carbocycles. The first-order chi connectivity index (χ1) is 12.1. The lowest BCUT2D eigenvalue weighted by Gasteiger charge is -2.35. The van der Waals surface area contributed by atoms with Crippen LogP contribution in [0.15, 0.2) is 36.0 Å². The predicted octanol–water partition coefficient (Wildman–Crippen LogP) is 7.17. The van der Waals surface area contributed by atoms with E-state index < -0.39 is 0 Å². The fourth-order valence-electron chi connectivity index (χ4n) is 4.31. The first-order valence-corrected chi connectivity index (χ1v) is 10.8. The minimum atomic E-state index is 0.190. The fourth-order valence-corrected chi connectivity index (χ4v) is 4.31. The average Bonchev–Trinajstić information content (AvgIpc) is 3.26. The highest BCUT2D eigenvalue weighted by Crippen LogP contribution is 2.56. The molecule has 0 amide bonds. The van der Waals surface area contributed by atoms with Gasteiger partial charge in [-0.3, -0.25) is 0 Å². The Morgan fingerprint density at radius 1 is 1.31 bits per heavy atom. The van der Waals surface area contributed by atoms with Gasteiger partial charge >= 0.3 is 0 Å². The third-order valence-corrected chi connectivity index (χ3v) is 7.12. The smallest absolute Gasteiger partial charge is 0.0137 e. The van der Waals surface area contributed by atoms with Crippen molar-refractivity contribution in [2.75, 3.05) is 13.6 Å². The second-order valence-corrected chi connectivity index (χ2v) is 9.52. The molecule has 0 heterocycles. The molecule has 1 aliphatic rings. The van der Waals surface area contributed by atoms with Crippen molar-refractivity contribution in [3.05, 3.63) is 36.0 Å². The van der Waals surface area contributed by atoms with Crippen LogP contribution >= 0.6 is 0 Å². The Morgan fingerprint density at radius 3 is 2.38 bits per heavy atom. The van der Waals surface area contributed by atoms with Crippen LogP contribution < -0.4 is 5.32 Å². The van der Waals surface area contributed by atoms with Gasteiger partial charge in [0.05, 0.1) is 0 Å². The molecule has 2 unspecified atom stereocenters. The van der Waals surface area contributed by atoms with Crippen molar-refractivity contribution < 1.29 is 0 Å². The molecule has 1 aliphatic carbocycles. The molecule has 0 aromatic rings. The fraction of sp³-hybridized carbons (Fsp3) is 0.760. The van der Waals surface area contributed by atoms with Crippen LogP contribution in [-0.4, -0.2) is 13.6 Å². The average molecular weight is 360 g/mol. The summed E-state index contributed by atoms with van der Waals surface area (Å²) in [6.07, 6.45) is 13.2. The van der Waals surface area contributed by atoms with Crippen molar-refractivity contribution in [3.8, 4) is 0 Å². The van der Waals surface area contributed by atoms with Crippen LogP contribution in [0.4, 0.5) is 0 Å². The van der Waals surface area contributed by atoms with E-state index in [0.29, 0.717) is 11.3 Å². The van der Waals surface area contributed by atoms with E-state index in [9.17, 15) is 0 Å². The maximum atomic E-state index is 4.57. The van der Waals surface area contributed by atoms with Crippen LogP contribution in [0.3, 0.4) is 0 Å². The summed E-state index contributed by atoms with van der Waals surface area (Å²) in [4.78, 5) is 0. The Labute approximate surface area is 164 Å². The van der Waals surface area contributed by atoms with Gasteiger partial charge in [-0.05, 0) is 78.9 Å². The van der Waals surface area contributed by atoms with E-state index in [2.05, 4.69) is 78.6 Å². The van der Waals surface area contributed by atoms with Gasteiger partial charge in [0.15, 0.2) is 0 Å². The van der Waals surface area contributed by atoms with Gasteiger partial charge in [-0.2, -0.15) is 0 Å². The summed E-state index contributed by atoms with van der Waals surface area (Å²) in [7, 11) is 2.02. The van der Waals surface area contributed by atoms with Gasteiger partial charge in [0, 0.05) is 6.54 Å². The summed E-state index contributed by atoms with van der Waals surface area (Å²) in [5.74, 6) is 2.18. The zero-order valence-corrected chi connectivity index (χ0v) is 18.9. The molecule has 1 fully saturated rings. The van der Waals surface area contributed by atoms with Crippen LogP contribution in [0.25, 0.3) is 0 Å². The van der Waals surface area contributed by atoms with E-state index in [1.807, 2.05) is 7.05 Å². The molecule has 1 heteroatoms. The van der Waals surface area contributed by atoms with Gasteiger partial charge in [-0.25, -0.2) is 0 Å². The second kappa shape index (κ2) is 9.93. The van der Waals surface area contributed by atoms with Crippen molar-refractivity contribution in [2.45, 2.75) is 80.6 Å². The number of likely N-dealkylation sites (N-methyl/N-ethyl adjacent to an activating group) is 1. The lowest BCUT2D eigenvalue weighted by Crippen LogP contribution is -2.25. The number of allylic oxidation sites excluding steroid dienone is 4. The highest BCUT2D eigenvalue weighted by Gasteiger charge is 2.48. The quantitative estimate of drug-likeness (QED) is 0.288. The van der Waals surface area contributed by atoms with Crippen LogP contribution in [0.1, 0.15) is 80.6 Å². The standard InChI is InChI=1S/C25H45N/c1-10-12-16-25(8,11-2)21(5)20(4)22(15-17-26-9)14-13-19(3)23-18-24(23,6)7/h12,15-16,19,21,23,26H,4,10-11,13-14,17-18H2,1-3,5-9H3/b16-12-,22-15+/t19-,21?,23?,25-/m1/s1. The lowest BCUT2D eigenvalue weighted by atomic mass is 9.70. The van der Waals surface area contributed by atoms with E-state index in [-0.39, 0.29) is 5.41 Å². The van der Waals surface area contributed by atoms with Gasteiger partial charge in [0.1, 0.15) is 0 Å². The Balaban J connectivity index is 2.83. The Bertz CT molecular complexity index is 510. The number of hydrogen-bond acceptors (Lipinski definition) is 1. The summed E-state index contributed by atoms with van der Waals surface area (Å²) < 4.78 is 0. The van der Waals surface area contributed by atoms with E-state index in [4.69, 9.17) is 0 Å². The molecule has 1 N–H and O–H groups in total. The second-order valence-electron chi connectivity index (χ2n) is 9.52. The molecule has 1 rings (SSSR count). The minimum absolute atomic E-state index is 0.190. The summed E-state index contributed by atoms with van der Waals surface area (Å²) in [6, 6.07) is 0. The van der Waals surface area contributed by atoms with Gasteiger partial charge in [-0.15, -0.1) is 0 Å². The van der Waals surface area contributed by atoms with Crippen molar-refractivity contribution >= 4 is 0 Å². The number of nitrogens with one attached hydrogen (secondary N) is 1. The van der Waals surface area contributed by atoms with Gasteiger partial charge in [0.25, 0.3) is 0 Å². The molecular formula is C25H45N. The molecule has 0 aliphatic heterocycles. The van der Waals surface area contributed by atoms with Crippen molar-refractivity contribution in [1.29, 1.82) is 0 Å². The molecule has 0 aromatic heterocycles. The maximum absolute atomic E-state index is 4.57. The van der Waals surface area contributed by atoms with Crippen LogP contribution in [0.2, 0.25) is 0 Å². The zero-order valence-electron chi connectivity index (χ0n) is 18.9. The van der Waals surface area contributed by atoms with Crippen molar-refractivity contribution in [2.24, 2.45) is 28.6 Å². The highest BCUT2D eigenvalue weighted by atomic mass is 14.8. The third kappa shape index (κ3) is 6.12. The van der Waals surface area contributed by atoms with Gasteiger partial charge < -0.3 is 5.32 Å². The normalized spacial score (nSPS) is 24.3. The monoisotopic (exact) mass is 359 g/mol. The zero-order chi connectivity index (χ0) is 20.0. The molecule has 0 bridgehead atoms. The summed E-state index contributed by atoms with van der Waals surface area (Å²) >= 11 is 0. The Kier molecular flexibility index (Phi) is 8.86. The minimum Gasteiger partial charge on any atom is -0.316 e. The Morgan fingerprint density at radius 2 is 1.92 bits per heavy atom.